The molecule has 27 rings (SSSR count). The molecule has 131 heavy (non-hydrogen) atoms. The van der Waals surface area contributed by atoms with Gasteiger partial charge in [0.25, 0.3) is 0 Å². The van der Waals surface area contributed by atoms with Crippen molar-refractivity contribution in [3.63, 3.8) is 0 Å². The molecule has 0 amide bonds. The quantitative estimate of drug-likeness (QED) is 0.121. The van der Waals surface area contributed by atoms with E-state index in [1.165, 1.54) is 10.8 Å². The van der Waals surface area contributed by atoms with E-state index in [0.29, 0.717) is 0 Å². The number of pyridine rings is 3. The van der Waals surface area contributed by atoms with E-state index in [0.717, 1.165) is 233 Å². The molecule has 614 valence electrons. The molecule has 0 radical (unpaired) electrons. The van der Waals surface area contributed by atoms with Crippen molar-refractivity contribution in [1.29, 1.82) is 0 Å². The van der Waals surface area contributed by atoms with Crippen LogP contribution in [0.15, 0.2) is 481 Å². The number of rotatable bonds is 12. The van der Waals surface area contributed by atoms with Crippen molar-refractivity contribution in [1.82, 2.24) is 33.1 Å². The molecule has 0 aliphatic carbocycles. The molecule has 0 aliphatic rings. The Morgan fingerprint density at radius 3 is 1.08 bits per heavy atom. The number of imidazole rings is 1. The first kappa shape index (κ1) is 75.8. The highest BCUT2D eigenvalue weighted by atomic mass is 16.3. The van der Waals surface area contributed by atoms with Crippen molar-refractivity contribution < 1.29 is 13.3 Å². The van der Waals surface area contributed by atoms with E-state index in [1.54, 1.807) is 0 Å². The fourth-order valence-corrected chi connectivity index (χ4v) is 19.9. The van der Waals surface area contributed by atoms with Gasteiger partial charge in [0.05, 0.1) is 77.4 Å². The van der Waals surface area contributed by atoms with Crippen molar-refractivity contribution in [2.75, 3.05) is 0 Å². The predicted octanol–water partition coefficient (Wildman–Crippen LogP) is 32.3. The van der Waals surface area contributed by atoms with Crippen molar-refractivity contribution >= 4 is 126 Å². The van der Waals surface area contributed by atoms with Crippen LogP contribution >= 0.6 is 0 Å². The van der Waals surface area contributed by atoms with Crippen LogP contribution in [0.5, 0.6) is 0 Å². The van der Waals surface area contributed by atoms with Gasteiger partial charge < -0.3 is 27.0 Å². The van der Waals surface area contributed by atoms with Gasteiger partial charge in [-0.3, -0.25) is 14.4 Å². The van der Waals surface area contributed by atoms with Crippen LogP contribution in [-0.4, -0.2) is 33.1 Å². The predicted molar refractivity (Wildman–Crippen MR) is 540 cm³/mol. The molecule has 10 heterocycles. The van der Waals surface area contributed by atoms with E-state index in [1.807, 2.05) is 54.9 Å². The minimum absolute atomic E-state index is 0.887. The summed E-state index contributed by atoms with van der Waals surface area (Å²) in [5.41, 5.74) is 32.2. The Balaban J connectivity index is 0.000000107. The first-order chi connectivity index (χ1) is 65.1. The third-order valence-corrected chi connectivity index (χ3v) is 25.7. The van der Waals surface area contributed by atoms with Crippen molar-refractivity contribution in [3.05, 3.63) is 468 Å². The van der Waals surface area contributed by atoms with Gasteiger partial charge in [0.1, 0.15) is 39.7 Å². The van der Waals surface area contributed by atoms with Crippen LogP contribution in [0, 0.1) is 0 Å². The van der Waals surface area contributed by atoms with Crippen LogP contribution in [0.4, 0.5) is 0 Å². The van der Waals surface area contributed by atoms with E-state index in [4.69, 9.17) is 18.2 Å². The summed E-state index contributed by atoms with van der Waals surface area (Å²) in [7, 11) is 0. The Morgan fingerprint density at radius 2 is 0.603 bits per heavy atom. The lowest BCUT2D eigenvalue weighted by Gasteiger charge is -2.11. The van der Waals surface area contributed by atoms with E-state index in [2.05, 4.69) is 441 Å². The number of hydrogen-bond acceptors (Lipinski definition) is 6. The summed E-state index contributed by atoms with van der Waals surface area (Å²) in [6.45, 7) is 0. The average Bonchev–Trinajstić information content (AvgIpc) is 1.57. The molecular weight excluding hydrogens is 1600 g/mol. The SMILES string of the molecule is c1ccc(-c2nc3ccccn3c2-c2ccc(-n3c4ccccc4c4c5oc(-c6ccccc6)c(-c6ccccc6)c5ccc43)cc2)cc1.c1ccc(-c2oc3c(ccc4c3c3ccccc3n4-c3ccc(-c4cccc5cccnc45)cc3)c2-c2ccccc2)cc1.c1ccc(-c2oc3c(ccc4c3c3ccccc3n4-c3cccc4ncccc34)c2-c2ccccc2)cc1. The summed E-state index contributed by atoms with van der Waals surface area (Å²) in [6.07, 6.45) is 5.80. The van der Waals surface area contributed by atoms with Crippen LogP contribution in [0.1, 0.15) is 0 Å². The molecule has 10 heteroatoms. The zero-order chi connectivity index (χ0) is 86.4. The molecule has 0 unspecified atom stereocenters. The second-order valence-corrected chi connectivity index (χ2v) is 33.1. The average molecular weight is 1680 g/mol. The Bertz CT molecular complexity index is 9040. The van der Waals surface area contributed by atoms with Gasteiger partial charge in [-0.25, -0.2) is 4.98 Å². The highest BCUT2D eigenvalue weighted by Crippen LogP contribution is 2.51. The van der Waals surface area contributed by atoms with Crippen molar-refractivity contribution in [2.24, 2.45) is 0 Å². The molecule has 0 saturated carbocycles. The molecular formula is C121H77N7O3. The van der Waals surface area contributed by atoms with Crippen LogP contribution in [0.3, 0.4) is 0 Å². The summed E-state index contributed by atoms with van der Waals surface area (Å²) >= 11 is 0. The molecule has 10 nitrogen and oxygen atoms in total. The van der Waals surface area contributed by atoms with E-state index >= 15 is 0 Å². The third kappa shape index (κ3) is 12.7. The smallest absolute Gasteiger partial charge is 0.145 e. The van der Waals surface area contributed by atoms with E-state index < -0.39 is 0 Å². The van der Waals surface area contributed by atoms with Gasteiger partial charge in [-0.1, -0.05) is 328 Å². The number of fused-ring (bicyclic) bond motifs is 18. The summed E-state index contributed by atoms with van der Waals surface area (Å²) in [6, 6.07) is 157. The zero-order valence-electron chi connectivity index (χ0n) is 70.8. The maximum absolute atomic E-state index is 6.95. The monoisotopic (exact) mass is 1680 g/mol. The molecule has 0 fully saturated rings. The number of hydrogen-bond donors (Lipinski definition) is 0. The Hall–Kier alpha value is -17.7. The Labute approximate surface area is 752 Å². The summed E-state index contributed by atoms with van der Waals surface area (Å²) < 4.78 is 30.0. The molecule has 10 aromatic heterocycles. The normalized spacial score (nSPS) is 11.7. The van der Waals surface area contributed by atoms with Crippen molar-refractivity contribution in [2.45, 2.75) is 0 Å². The fraction of sp³-hybridized carbons (Fsp3) is 0. The maximum Gasteiger partial charge on any atom is 0.145 e. The topological polar surface area (TPSA) is 97.3 Å². The lowest BCUT2D eigenvalue weighted by molar-refractivity contribution is 0.635. The number of benzene rings is 17. The molecule has 0 spiro atoms. The Morgan fingerprint density at radius 1 is 0.229 bits per heavy atom. The molecule has 27 aromatic rings. The van der Waals surface area contributed by atoms with Gasteiger partial charge in [0.2, 0.25) is 0 Å². The largest absolute Gasteiger partial charge is 0.455 e. The second-order valence-electron chi connectivity index (χ2n) is 33.1. The zero-order valence-corrected chi connectivity index (χ0v) is 70.8. The van der Waals surface area contributed by atoms with Crippen LogP contribution in [0.25, 0.3) is 244 Å². The highest BCUT2D eigenvalue weighted by Gasteiger charge is 2.29. The molecule has 0 saturated heterocycles. The number of aromatic nitrogens is 7. The van der Waals surface area contributed by atoms with Gasteiger partial charge in [-0.05, 0) is 144 Å². The summed E-state index contributed by atoms with van der Waals surface area (Å²) in [5, 5.41) is 12.5. The number of para-hydroxylation sites is 4. The third-order valence-electron chi connectivity index (χ3n) is 25.7. The first-order valence-electron chi connectivity index (χ1n) is 44.3. The molecule has 17 aromatic carbocycles. The molecule has 0 atom stereocenters. The van der Waals surface area contributed by atoms with Gasteiger partial charge in [-0.15, -0.1) is 0 Å². The fourth-order valence-electron chi connectivity index (χ4n) is 19.9. The highest BCUT2D eigenvalue weighted by molar-refractivity contribution is 6.26. The molecule has 0 N–H and O–H groups in total. The number of nitrogens with zero attached hydrogens (tertiary/aromatic N) is 7. The van der Waals surface area contributed by atoms with Crippen molar-refractivity contribution in [3.8, 4) is 118 Å². The van der Waals surface area contributed by atoms with Gasteiger partial charge in [-0.2, -0.15) is 0 Å². The minimum atomic E-state index is 0.887. The lowest BCUT2D eigenvalue weighted by Crippen LogP contribution is -1.95. The number of furan rings is 3. The standard InChI is InChI=1S/C45H29N3O.C41H26N2O.C35H22N2O/c1-4-14-30(15-5-1)40-36-27-28-38-41(45(36)49-44(40)33-18-8-3-9-19-33)35-20-10-11-21-37(35)48(38)34-25-23-32(24-26-34)43-42(31-16-6-2-7-17-31)46-39-22-12-13-29-47(39)43;1-3-11-28(12-4-1)37-34-24-25-36-38(41(34)44-40(37)30-13-5-2-6-14-30)33-17-7-8-19-35(33)43(36)31-22-20-27(21-23-31)32-18-9-15-29-16-10-26-42-39(29)32;1-3-11-23(12-4-1)32-27-20-21-31-33(35(27)38-34(32)24-13-5-2-6-14-24)26-15-7-8-18-30(26)37(31)29-19-9-17-28-25(29)16-10-22-36-28/h1-29H;1-26H;1-22H. The summed E-state index contributed by atoms with van der Waals surface area (Å²) in [5.74, 6) is 2.67. The van der Waals surface area contributed by atoms with E-state index in [9.17, 15) is 0 Å². The van der Waals surface area contributed by atoms with Crippen LogP contribution in [-0.2, 0) is 0 Å². The second kappa shape index (κ2) is 31.7. The maximum atomic E-state index is 6.95. The van der Waals surface area contributed by atoms with Crippen LogP contribution < -0.4 is 0 Å². The van der Waals surface area contributed by atoms with E-state index in [-0.39, 0.29) is 0 Å². The minimum Gasteiger partial charge on any atom is -0.455 e. The molecule has 0 bridgehead atoms. The Kier molecular flexibility index (Phi) is 18.4. The van der Waals surface area contributed by atoms with Gasteiger partial charge in [0, 0.05) is 123 Å². The van der Waals surface area contributed by atoms with Gasteiger partial charge >= 0.3 is 0 Å². The van der Waals surface area contributed by atoms with Gasteiger partial charge in [0.15, 0.2) is 0 Å². The lowest BCUT2D eigenvalue weighted by atomic mass is 9.98. The summed E-state index contributed by atoms with van der Waals surface area (Å²) in [4.78, 5) is 14.3. The van der Waals surface area contributed by atoms with Crippen LogP contribution in [0.2, 0.25) is 0 Å². The molecule has 0 aliphatic heterocycles. The first-order valence-corrected chi connectivity index (χ1v) is 44.3.